The second-order valence-corrected chi connectivity index (χ2v) is 6.04. The van der Waals surface area contributed by atoms with Gasteiger partial charge in [-0.2, -0.15) is 0 Å². The van der Waals surface area contributed by atoms with Crippen molar-refractivity contribution in [2.24, 2.45) is 0 Å². The molecule has 1 fully saturated rings. The Morgan fingerprint density at radius 3 is 2.91 bits per heavy atom. The minimum absolute atomic E-state index is 0.103. The van der Waals surface area contributed by atoms with Gasteiger partial charge in [-0.15, -0.1) is 0 Å². The maximum atomic E-state index is 14.0. The third kappa shape index (κ3) is 4.22. The fourth-order valence-corrected chi connectivity index (χ4v) is 2.87. The SMILES string of the molecule is CCCCCOC(=O)C1CCCN1C(=O)c1cccc(Cl)c1F. The Morgan fingerprint density at radius 1 is 1.39 bits per heavy atom. The Kier molecular flexibility index (Phi) is 6.39. The molecule has 1 amide bonds. The van der Waals surface area contributed by atoms with Crippen molar-refractivity contribution in [2.45, 2.75) is 45.1 Å². The van der Waals surface area contributed by atoms with Crippen LogP contribution in [-0.2, 0) is 9.53 Å². The molecule has 4 nitrogen and oxygen atoms in total. The summed E-state index contributed by atoms with van der Waals surface area (Å²) in [7, 11) is 0. The van der Waals surface area contributed by atoms with E-state index in [0.717, 1.165) is 19.3 Å². The number of benzene rings is 1. The summed E-state index contributed by atoms with van der Waals surface area (Å²) in [6.45, 7) is 2.84. The van der Waals surface area contributed by atoms with Gasteiger partial charge >= 0.3 is 5.97 Å². The highest BCUT2D eigenvalue weighted by Crippen LogP contribution is 2.25. The molecular weight excluding hydrogens is 321 g/mol. The van der Waals surface area contributed by atoms with Gasteiger partial charge in [-0.3, -0.25) is 4.79 Å². The van der Waals surface area contributed by atoms with E-state index in [1.165, 1.54) is 23.1 Å². The smallest absolute Gasteiger partial charge is 0.328 e. The van der Waals surface area contributed by atoms with Gasteiger partial charge in [0.1, 0.15) is 6.04 Å². The molecule has 0 radical (unpaired) electrons. The molecule has 6 heteroatoms. The fourth-order valence-electron chi connectivity index (χ4n) is 2.70. The first kappa shape index (κ1) is 17.7. The van der Waals surface area contributed by atoms with Crippen LogP contribution in [0.3, 0.4) is 0 Å². The fraction of sp³-hybridized carbons (Fsp3) is 0.529. The lowest BCUT2D eigenvalue weighted by Gasteiger charge is -2.23. The maximum Gasteiger partial charge on any atom is 0.328 e. The number of nitrogens with zero attached hydrogens (tertiary/aromatic N) is 1. The monoisotopic (exact) mass is 341 g/mol. The second-order valence-electron chi connectivity index (χ2n) is 5.63. The van der Waals surface area contributed by atoms with E-state index in [1.807, 2.05) is 0 Å². The van der Waals surface area contributed by atoms with Crippen molar-refractivity contribution in [1.82, 2.24) is 4.90 Å². The van der Waals surface area contributed by atoms with Crippen LogP contribution in [0.5, 0.6) is 0 Å². The normalized spacial score (nSPS) is 17.3. The molecule has 23 heavy (non-hydrogen) atoms. The van der Waals surface area contributed by atoms with E-state index in [9.17, 15) is 14.0 Å². The van der Waals surface area contributed by atoms with E-state index in [0.29, 0.717) is 26.0 Å². The van der Waals surface area contributed by atoms with Crippen LogP contribution in [0.15, 0.2) is 18.2 Å². The molecule has 1 heterocycles. The van der Waals surface area contributed by atoms with E-state index in [1.54, 1.807) is 0 Å². The summed E-state index contributed by atoms with van der Waals surface area (Å²) < 4.78 is 19.3. The number of unbranched alkanes of at least 4 members (excludes halogenated alkanes) is 2. The molecule has 0 spiro atoms. The molecule has 126 valence electrons. The van der Waals surface area contributed by atoms with E-state index in [4.69, 9.17) is 16.3 Å². The van der Waals surface area contributed by atoms with Crippen molar-refractivity contribution in [3.63, 3.8) is 0 Å². The van der Waals surface area contributed by atoms with Gasteiger partial charge in [0.05, 0.1) is 17.2 Å². The lowest BCUT2D eigenvalue weighted by molar-refractivity contribution is -0.148. The quantitative estimate of drug-likeness (QED) is 0.583. The number of ether oxygens (including phenoxy) is 1. The molecule has 1 unspecified atom stereocenters. The zero-order chi connectivity index (χ0) is 16.8. The highest BCUT2D eigenvalue weighted by molar-refractivity contribution is 6.31. The van der Waals surface area contributed by atoms with Crippen LogP contribution < -0.4 is 0 Å². The summed E-state index contributed by atoms with van der Waals surface area (Å²) in [5, 5.41) is -0.103. The lowest BCUT2D eigenvalue weighted by Crippen LogP contribution is -2.41. The van der Waals surface area contributed by atoms with Crippen LogP contribution in [0, 0.1) is 5.82 Å². The first-order chi connectivity index (χ1) is 11.1. The van der Waals surface area contributed by atoms with Crippen molar-refractivity contribution in [3.05, 3.63) is 34.6 Å². The Balaban J connectivity index is 2.04. The topological polar surface area (TPSA) is 46.6 Å². The summed E-state index contributed by atoms with van der Waals surface area (Å²) in [4.78, 5) is 26.1. The van der Waals surface area contributed by atoms with E-state index in [-0.39, 0.29) is 10.6 Å². The van der Waals surface area contributed by atoms with E-state index < -0.39 is 23.7 Å². The minimum Gasteiger partial charge on any atom is -0.464 e. The lowest BCUT2D eigenvalue weighted by atomic mass is 10.1. The van der Waals surface area contributed by atoms with Crippen LogP contribution >= 0.6 is 11.6 Å². The van der Waals surface area contributed by atoms with E-state index >= 15 is 0 Å². The number of esters is 1. The molecule has 0 saturated carbocycles. The molecule has 0 bridgehead atoms. The number of hydrogen-bond donors (Lipinski definition) is 0. The predicted octanol–water partition coefficient (Wildman–Crippen LogP) is 3.82. The van der Waals surface area contributed by atoms with Crippen LogP contribution in [0.1, 0.15) is 49.4 Å². The van der Waals surface area contributed by atoms with Gasteiger partial charge in [0.15, 0.2) is 5.82 Å². The minimum atomic E-state index is -0.749. The maximum absolute atomic E-state index is 14.0. The highest BCUT2D eigenvalue weighted by Gasteiger charge is 2.36. The van der Waals surface area contributed by atoms with Crippen molar-refractivity contribution in [2.75, 3.05) is 13.2 Å². The molecule has 2 rings (SSSR count). The third-order valence-electron chi connectivity index (χ3n) is 3.96. The Bertz CT molecular complexity index is 579. The van der Waals surface area contributed by atoms with Gasteiger partial charge in [0.25, 0.3) is 5.91 Å². The van der Waals surface area contributed by atoms with Gasteiger partial charge < -0.3 is 9.64 Å². The molecule has 1 aromatic rings. The Hall–Kier alpha value is -1.62. The number of likely N-dealkylation sites (tertiary alicyclic amines) is 1. The molecule has 1 atom stereocenters. The zero-order valence-corrected chi connectivity index (χ0v) is 13.9. The highest BCUT2D eigenvalue weighted by atomic mass is 35.5. The summed E-state index contributed by atoms with van der Waals surface area (Å²) >= 11 is 5.72. The Morgan fingerprint density at radius 2 is 2.17 bits per heavy atom. The molecule has 1 aliphatic heterocycles. The molecule has 0 aliphatic carbocycles. The summed E-state index contributed by atoms with van der Waals surface area (Å²) in [5.74, 6) is -1.67. The largest absolute Gasteiger partial charge is 0.464 e. The van der Waals surface area contributed by atoms with Crippen LogP contribution in [-0.4, -0.2) is 36.0 Å². The van der Waals surface area contributed by atoms with Crippen LogP contribution in [0.4, 0.5) is 4.39 Å². The summed E-state index contributed by atoms with van der Waals surface area (Å²) in [5.41, 5.74) is -0.108. The van der Waals surface area contributed by atoms with Gasteiger partial charge in [-0.1, -0.05) is 37.4 Å². The number of amides is 1. The number of carbonyl (C=O) groups is 2. The molecule has 0 N–H and O–H groups in total. The third-order valence-corrected chi connectivity index (χ3v) is 4.25. The summed E-state index contributed by atoms with van der Waals surface area (Å²) in [6, 6.07) is 3.65. The van der Waals surface area contributed by atoms with E-state index in [2.05, 4.69) is 6.92 Å². The first-order valence-corrected chi connectivity index (χ1v) is 8.35. The van der Waals surface area contributed by atoms with Crippen molar-refractivity contribution < 1.29 is 18.7 Å². The number of rotatable bonds is 6. The number of hydrogen-bond acceptors (Lipinski definition) is 3. The van der Waals surface area contributed by atoms with Crippen LogP contribution in [0.25, 0.3) is 0 Å². The van der Waals surface area contributed by atoms with Gasteiger partial charge in [-0.05, 0) is 31.4 Å². The Labute approximate surface area is 140 Å². The van der Waals surface area contributed by atoms with Crippen molar-refractivity contribution in [1.29, 1.82) is 0 Å². The molecule has 1 aliphatic rings. The molecule has 0 aromatic heterocycles. The first-order valence-electron chi connectivity index (χ1n) is 7.98. The molecule has 1 aromatic carbocycles. The molecular formula is C17H21ClFNO3. The zero-order valence-electron chi connectivity index (χ0n) is 13.2. The predicted molar refractivity (Wildman–Crippen MR) is 86.0 cm³/mol. The van der Waals surface area contributed by atoms with Crippen LogP contribution in [0.2, 0.25) is 5.02 Å². The van der Waals surface area contributed by atoms with Crippen molar-refractivity contribution in [3.8, 4) is 0 Å². The average molecular weight is 342 g/mol. The number of halogens is 2. The van der Waals surface area contributed by atoms with Gasteiger partial charge in [0, 0.05) is 6.54 Å². The van der Waals surface area contributed by atoms with Crippen molar-refractivity contribution >= 4 is 23.5 Å². The summed E-state index contributed by atoms with van der Waals surface area (Å²) in [6.07, 6.45) is 4.09. The standard InChI is InChI=1S/C17H21ClFNO3/c1-2-3-4-11-23-17(22)14-9-6-10-20(14)16(21)12-7-5-8-13(18)15(12)19/h5,7-8,14H,2-4,6,9-11H2,1H3. The molecule has 1 saturated heterocycles. The second kappa shape index (κ2) is 8.29. The van der Waals surface area contributed by atoms with Gasteiger partial charge in [-0.25, -0.2) is 9.18 Å². The average Bonchev–Trinajstić information content (AvgIpc) is 3.03. The number of carbonyl (C=O) groups excluding carboxylic acids is 2. The van der Waals surface area contributed by atoms with Gasteiger partial charge in [0.2, 0.25) is 0 Å².